The minimum atomic E-state index is -3.83. The quantitative estimate of drug-likeness (QED) is 0.839. The van der Waals surface area contributed by atoms with Gasteiger partial charge >= 0.3 is 0 Å². The number of sulfonamides is 1. The van der Waals surface area contributed by atoms with Gasteiger partial charge in [0.2, 0.25) is 10.0 Å². The van der Waals surface area contributed by atoms with Crippen molar-refractivity contribution in [3.8, 4) is 0 Å². The predicted octanol–water partition coefficient (Wildman–Crippen LogP) is 1.32. The van der Waals surface area contributed by atoms with Crippen molar-refractivity contribution in [1.82, 2.24) is 4.31 Å². The molecule has 26 heavy (non-hydrogen) atoms. The number of carbonyl (C=O) groups is 1. The van der Waals surface area contributed by atoms with Gasteiger partial charge in [0.25, 0.3) is 5.91 Å². The molecule has 8 heteroatoms. The number of nitrogens with zero attached hydrogens (tertiary/aromatic N) is 1. The van der Waals surface area contributed by atoms with Crippen LogP contribution in [0.25, 0.3) is 0 Å². The number of hydrogen-bond acceptors (Lipinski definition) is 5. The molecule has 1 amide bonds. The molecule has 0 aromatic heterocycles. The number of benzene rings is 2. The Labute approximate surface area is 152 Å². The first-order valence-electron chi connectivity index (χ1n) is 8.19. The van der Waals surface area contributed by atoms with Crippen molar-refractivity contribution in [2.75, 3.05) is 31.6 Å². The van der Waals surface area contributed by atoms with E-state index in [1.165, 1.54) is 22.5 Å². The third kappa shape index (κ3) is 4.28. The molecule has 0 aliphatic carbocycles. The van der Waals surface area contributed by atoms with E-state index in [0.29, 0.717) is 5.69 Å². The van der Waals surface area contributed by atoms with Crippen molar-refractivity contribution in [3.63, 3.8) is 0 Å². The molecular weight excluding hydrogens is 356 g/mol. The van der Waals surface area contributed by atoms with Gasteiger partial charge in [-0.05, 0) is 30.3 Å². The Balaban J connectivity index is 1.82. The first-order valence-corrected chi connectivity index (χ1v) is 9.63. The lowest BCUT2D eigenvalue weighted by Gasteiger charge is -2.21. The molecule has 2 aromatic rings. The summed E-state index contributed by atoms with van der Waals surface area (Å²) in [5, 5.41) is 12.5. The Morgan fingerprint density at radius 3 is 2.69 bits per heavy atom. The van der Waals surface area contributed by atoms with E-state index >= 15 is 0 Å². The van der Waals surface area contributed by atoms with E-state index in [9.17, 15) is 18.3 Å². The SMILES string of the molecule is O=C(Nc1ccccc1)c1cccc(S(=O)(=O)N2CCOCC(O)C2)c1. The Kier molecular flexibility index (Phi) is 5.67. The first kappa shape index (κ1) is 18.5. The summed E-state index contributed by atoms with van der Waals surface area (Å²) in [5.74, 6) is -0.396. The molecule has 3 rings (SSSR count). The summed E-state index contributed by atoms with van der Waals surface area (Å²) in [6, 6.07) is 14.8. The van der Waals surface area contributed by atoms with E-state index in [1.54, 1.807) is 30.3 Å². The van der Waals surface area contributed by atoms with Crippen molar-refractivity contribution in [2.45, 2.75) is 11.0 Å². The fourth-order valence-corrected chi connectivity index (χ4v) is 4.16. The molecule has 0 spiro atoms. The maximum Gasteiger partial charge on any atom is 0.255 e. The van der Waals surface area contributed by atoms with Crippen LogP contribution in [-0.2, 0) is 14.8 Å². The lowest BCUT2D eigenvalue weighted by atomic mass is 10.2. The zero-order chi connectivity index (χ0) is 18.6. The van der Waals surface area contributed by atoms with Crippen LogP contribution in [0.15, 0.2) is 59.5 Å². The number of carbonyl (C=O) groups excluding carboxylic acids is 1. The maximum atomic E-state index is 12.8. The minimum Gasteiger partial charge on any atom is -0.389 e. The van der Waals surface area contributed by atoms with Crippen LogP contribution in [0.3, 0.4) is 0 Å². The summed E-state index contributed by atoms with van der Waals surface area (Å²) < 4.78 is 32.0. The minimum absolute atomic E-state index is 0.00677. The summed E-state index contributed by atoms with van der Waals surface area (Å²) in [6.07, 6.45) is -0.878. The van der Waals surface area contributed by atoms with Gasteiger partial charge in [0.1, 0.15) is 0 Å². The van der Waals surface area contributed by atoms with E-state index in [1.807, 2.05) is 6.07 Å². The van der Waals surface area contributed by atoms with E-state index in [-0.39, 0.29) is 36.8 Å². The van der Waals surface area contributed by atoms with Gasteiger partial charge in [-0.15, -0.1) is 0 Å². The highest BCUT2D eigenvalue weighted by Crippen LogP contribution is 2.19. The van der Waals surface area contributed by atoms with Crippen LogP contribution in [0, 0.1) is 0 Å². The summed E-state index contributed by atoms with van der Waals surface area (Å²) >= 11 is 0. The second kappa shape index (κ2) is 7.96. The zero-order valence-electron chi connectivity index (χ0n) is 14.0. The highest BCUT2D eigenvalue weighted by atomic mass is 32.2. The van der Waals surface area contributed by atoms with Gasteiger partial charge in [0.05, 0.1) is 24.2 Å². The van der Waals surface area contributed by atoms with Gasteiger partial charge < -0.3 is 15.2 Å². The van der Waals surface area contributed by atoms with Gasteiger partial charge in [-0.1, -0.05) is 24.3 Å². The molecule has 1 saturated heterocycles. The largest absolute Gasteiger partial charge is 0.389 e. The monoisotopic (exact) mass is 376 g/mol. The number of para-hydroxylation sites is 1. The standard InChI is InChI=1S/C18H20N2O5S/c21-16-12-20(9-10-25-13-16)26(23,24)17-8-4-5-14(11-17)18(22)19-15-6-2-1-3-7-15/h1-8,11,16,21H,9-10,12-13H2,(H,19,22). The van der Waals surface area contributed by atoms with Crippen LogP contribution in [0.2, 0.25) is 0 Å². The molecule has 0 saturated carbocycles. The molecule has 1 aliphatic rings. The highest BCUT2D eigenvalue weighted by molar-refractivity contribution is 7.89. The molecule has 1 unspecified atom stereocenters. The number of rotatable bonds is 4. The summed E-state index contributed by atoms with van der Waals surface area (Å²) in [4.78, 5) is 12.4. The molecule has 1 fully saturated rings. The van der Waals surface area contributed by atoms with Gasteiger partial charge in [0.15, 0.2) is 0 Å². The number of aliphatic hydroxyl groups is 1. The molecule has 0 radical (unpaired) electrons. The maximum absolute atomic E-state index is 12.8. The van der Waals surface area contributed by atoms with Crippen molar-refractivity contribution < 1.29 is 23.1 Å². The second-order valence-electron chi connectivity index (χ2n) is 5.94. The molecule has 0 bridgehead atoms. The first-order chi connectivity index (χ1) is 12.5. The van der Waals surface area contributed by atoms with Gasteiger partial charge in [-0.3, -0.25) is 4.79 Å². The van der Waals surface area contributed by atoms with E-state index in [2.05, 4.69) is 5.32 Å². The van der Waals surface area contributed by atoms with Crippen LogP contribution in [0.4, 0.5) is 5.69 Å². The molecule has 1 atom stereocenters. The Morgan fingerprint density at radius 1 is 1.15 bits per heavy atom. The molecular formula is C18H20N2O5S. The third-order valence-electron chi connectivity index (χ3n) is 3.98. The number of amides is 1. The van der Waals surface area contributed by atoms with Crippen molar-refractivity contribution in [1.29, 1.82) is 0 Å². The third-order valence-corrected chi connectivity index (χ3v) is 5.84. The zero-order valence-corrected chi connectivity index (χ0v) is 14.9. The average Bonchev–Trinajstić information content (AvgIpc) is 2.87. The smallest absolute Gasteiger partial charge is 0.255 e. The molecule has 1 heterocycles. The van der Waals surface area contributed by atoms with Gasteiger partial charge in [-0.2, -0.15) is 4.31 Å². The Morgan fingerprint density at radius 2 is 1.92 bits per heavy atom. The molecule has 1 aliphatic heterocycles. The van der Waals surface area contributed by atoms with Crippen LogP contribution >= 0.6 is 0 Å². The average molecular weight is 376 g/mol. The summed E-state index contributed by atoms with van der Waals surface area (Å²) in [5.41, 5.74) is 0.861. The lowest BCUT2D eigenvalue weighted by molar-refractivity contribution is 0.0583. The number of hydrogen-bond donors (Lipinski definition) is 2. The van der Waals surface area contributed by atoms with Crippen molar-refractivity contribution in [2.24, 2.45) is 0 Å². The number of anilines is 1. The van der Waals surface area contributed by atoms with Gasteiger partial charge in [0, 0.05) is 24.3 Å². The molecule has 138 valence electrons. The van der Waals surface area contributed by atoms with Crippen molar-refractivity contribution >= 4 is 21.6 Å². The van der Waals surface area contributed by atoms with E-state index < -0.39 is 22.0 Å². The van der Waals surface area contributed by atoms with E-state index in [0.717, 1.165) is 0 Å². The molecule has 2 aromatic carbocycles. The van der Waals surface area contributed by atoms with E-state index in [4.69, 9.17) is 4.74 Å². The Bertz CT molecular complexity index is 870. The number of ether oxygens (including phenoxy) is 1. The fraction of sp³-hybridized carbons (Fsp3) is 0.278. The molecule has 2 N–H and O–H groups in total. The highest BCUT2D eigenvalue weighted by Gasteiger charge is 2.29. The second-order valence-corrected chi connectivity index (χ2v) is 7.88. The van der Waals surface area contributed by atoms with Crippen LogP contribution in [-0.4, -0.2) is 56.1 Å². The van der Waals surface area contributed by atoms with Crippen LogP contribution < -0.4 is 5.32 Å². The normalized spacial score (nSPS) is 18.9. The van der Waals surface area contributed by atoms with Gasteiger partial charge in [-0.25, -0.2) is 8.42 Å². The summed E-state index contributed by atoms with van der Waals surface area (Å²) in [6.45, 7) is 0.429. The number of nitrogens with one attached hydrogen (secondary N) is 1. The molecule has 7 nitrogen and oxygen atoms in total. The predicted molar refractivity (Wildman–Crippen MR) is 96.4 cm³/mol. The topological polar surface area (TPSA) is 95.9 Å². The number of aliphatic hydroxyl groups excluding tert-OH is 1. The summed E-state index contributed by atoms with van der Waals surface area (Å²) in [7, 11) is -3.83. The van der Waals surface area contributed by atoms with Crippen LogP contribution in [0.1, 0.15) is 10.4 Å². The van der Waals surface area contributed by atoms with Crippen molar-refractivity contribution in [3.05, 3.63) is 60.2 Å². The number of β-amino-alcohol motifs (C(OH)–C–C–N with tert-alkyl or cyclic N) is 1. The van der Waals surface area contributed by atoms with Crippen LogP contribution in [0.5, 0.6) is 0 Å². The lowest BCUT2D eigenvalue weighted by Crippen LogP contribution is -2.37. The Hall–Kier alpha value is -2.26. The fourth-order valence-electron chi connectivity index (χ4n) is 2.65.